The molecule has 3 aliphatic rings. The Morgan fingerprint density at radius 3 is 2.31 bits per heavy atom. The summed E-state index contributed by atoms with van der Waals surface area (Å²) < 4.78 is 5.41. The molecule has 178 valence electrons. The largest absolute Gasteiger partial charge is 0.469 e. The summed E-state index contributed by atoms with van der Waals surface area (Å²) in [5, 5.41) is 21.6. The molecule has 0 heterocycles. The molecule has 0 bridgehead atoms. The molecule has 2 unspecified atom stereocenters. The van der Waals surface area contributed by atoms with Crippen molar-refractivity contribution >= 4 is 12.0 Å². The number of rotatable bonds is 2. The van der Waals surface area contributed by atoms with Gasteiger partial charge >= 0.3 is 5.97 Å². The lowest BCUT2D eigenvalue weighted by molar-refractivity contribution is -0.144. The molecule has 2 aromatic rings. The Morgan fingerprint density at radius 2 is 1.69 bits per heavy atom. The Labute approximate surface area is 208 Å². The molecule has 0 saturated heterocycles. The van der Waals surface area contributed by atoms with Crippen molar-refractivity contribution in [3.05, 3.63) is 76.9 Å². The van der Waals surface area contributed by atoms with Crippen LogP contribution in [0.15, 0.2) is 60.2 Å². The van der Waals surface area contributed by atoms with Gasteiger partial charge in [0.15, 0.2) is 5.41 Å². The van der Waals surface area contributed by atoms with Crippen LogP contribution in [0.3, 0.4) is 0 Å². The first-order valence-electron chi connectivity index (χ1n) is 12.5. The molecule has 0 radical (unpaired) electrons. The van der Waals surface area contributed by atoms with Crippen molar-refractivity contribution in [3.8, 4) is 12.1 Å². The zero-order chi connectivity index (χ0) is 25.0. The summed E-state index contributed by atoms with van der Waals surface area (Å²) in [6, 6.07) is 23.0. The summed E-state index contributed by atoms with van der Waals surface area (Å²) in [7, 11) is 1.44. The number of carbonyl (C=O) groups excluding carboxylic acids is 1. The van der Waals surface area contributed by atoms with Crippen molar-refractivity contribution in [1.29, 1.82) is 10.5 Å². The fraction of sp³-hybridized carbons (Fsp3) is 0.452. The standard InChI is InChI=1S/C31H32N2O2/c1-29(2,3)22-14-15-31-24(16-21-12-8-9-13-23(21)30(31,18-32)19-33)27(28(34)35-4)26(25(31)17-22)20-10-6-5-7-11-20/h5-13,16,22,25-27H,14-15,17H2,1-4H3/t22?,25-,26-,27-,31?/m1/s1. The van der Waals surface area contributed by atoms with Gasteiger partial charge in [0.1, 0.15) is 0 Å². The first-order valence-corrected chi connectivity index (χ1v) is 12.5. The second kappa shape index (κ2) is 8.10. The smallest absolute Gasteiger partial charge is 0.313 e. The van der Waals surface area contributed by atoms with Gasteiger partial charge in [-0.25, -0.2) is 0 Å². The second-order valence-corrected chi connectivity index (χ2v) is 11.5. The van der Waals surface area contributed by atoms with E-state index < -0.39 is 16.7 Å². The first-order chi connectivity index (χ1) is 16.7. The van der Waals surface area contributed by atoms with Crippen LogP contribution in [0.25, 0.3) is 6.08 Å². The summed E-state index contributed by atoms with van der Waals surface area (Å²) >= 11 is 0. The van der Waals surface area contributed by atoms with Crippen molar-refractivity contribution < 1.29 is 9.53 Å². The third-order valence-electron chi connectivity index (χ3n) is 9.25. The van der Waals surface area contributed by atoms with E-state index in [0.29, 0.717) is 12.3 Å². The maximum Gasteiger partial charge on any atom is 0.313 e. The van der Waals surface area contributed by atoms with Gasteiger partial charge in [-0.3, -0.25) is 4.79 Å². The van der Waals surface area contributed by atoms with Crippen molar-refractivity contribution in [1.82, 2.24) is 0 Å². The summed E-state index contributed by atoms with van der Waals surface area (Å²) in [6.07, 6.45) is 4.59. The molecule has 4 heteroatoms. The lowest BCUT2D eigenvalue weighted by Gasteiger charge is -2.54. The number of hydrogen-bond acceptors (Lipinski definition) is 4. The molecule has 1 spiro atoms. The van der Waals surface area contributed by atoms with E-state index in [1.807, 2.05) is 42.5 Å². The number of hydrogen-bond donors (Lipinski definition) is 0. The van der Waals surface area contributed by atoms with E-state index >= 15 is 0 Å². The Hall–Kier alpha value is -3.37. The minimum Gasteiger partial charge on any atom is -0.469 e. The first kappa shape index (κ1) is 23.4. The van der Waals surface area contributed by atoms with Gasteiger partial charge in [-0.1, -0.05) is 81.4 Å². The Morgan fingerprint density at radius 1 is 1.03 bits per heavy atom. The van der Waals surface area contributed by atoms with Gasteiger partial charge in [-0.15, -0.1) is 0 Å². The average Bonchev–Trinajstić information content (AvgIpc) is 3.17. The molecular formula is C31H32N2O2. The molecule has 0 aromatic heterocycles. The van der Waals surface area contributed by atoms with Crippen molar-refractivity contribution in [2.24, 2.45) is 28.6 Å². The molecule has 0 amide bonds. The Kier molecular flexibility index (Phi) is 5.41. The molecular weight excluding hydrogens is 432 g/mol. The van der Waals surface area contributed by atoms with Crippen LogP contribution in [0.1, 0.15) is 62.6 Å². The van der Waals surface area contributed by atoms with E-state index in [9.17, 15) is 15.3 Å². The number of benzene rings is 2. The van der Waals surface area contributed by atoms with E-state index in [2.05, 4.69) is 51.1 Å². The van der Waals surface area contributed by atoms with Crippen LogP contribution in [0.2, 0.25) is 0 Å². The zero-order valence-corrected chi connectivity index (χ0v) is 20.9. The number of nitriles is 2. The highest BCUT2D eigenvalue weighted by atomic mass is 16.5. The molecule has 2 aromatic carbocycles. The van der Waals surface area contributed by atoms with Crippen LogP contribution in [0.5, 0.6) is 0 Å². The molecule has 3 aliphatic carbocycles. The zero-order valence-electron chi connectivity index (χ0n) is 20.9. The Bertz CT molecular complexity index is 1260. The molecule has 5 rings (SSSR count). The fourth-order valence-electron chi connectivity index (χ4n) is 7.63. The minimum absolute atomic E-state index is 0.0362. The van der Waals surface area contributed by atoms with Gasteiger partial charge in [-0.2, -0.15) is 10.5 Å². The normalized spacial score (nSPS) is 30.5. The van der Waals surface area contributed by atoms with Gasteiger partial charge in [-0.05, 0) is 58.8 Å². The van der Waals surface area contributed by atoms with Crippen molar-refractivity contribution in [2.75, 3.05) is 7.11 Å². The quantitative estimate of drug-likeness (QED) is 0.482. The predicted molar refractivity (Wildman–Crippen MR) is 135 cm³/mol. The lowest BCUT2D eigenvalue weighted by atomic mass is 9.46. The van der Waals surface area contributed by atoms with Gasteiger partial charge < -0.3 is 4.74 Å². The molecule has 35 heavy (non-hydrogen) atoms. The average molecular weight is 465 g/mol. The van der Waals surface area contributed by atoms with Gasteiger partial charge in [0.2, 0.25) is 0 Å². The van der Waals surface area contributed by atoms with Crippen LogP contribution in [-0.2, 0) is 14.9 Å². The summed E-state index contributed by atoms with van der Waals surface area (Å²) in [5.74, 6) is -0.577. The van der Waals surface area contributed by atoms with E-state index in [-0.39, 0.29) is 23.2 Å². The van der Waals surface area contributed by atoms with Crippen LogP contribution in [-0.4, -0.2) is 13.1 Å². The van der Waals surface area contributed by atoms with Crippen LogP contribution >= 0.6 is 0 Å². The molecule has 2 saturated carbocycles. The highest BCUT2D eigenvalue weighted by molar-refractivity contribution is 5.84. The van der Waals surface area contributed by atoms with E-state index in [0.717, 1.165) is 35.1 Å². The monoisotopic (exact) mass is 464 g/mol. The maximum atomic E-state index is 13.5. The van der Waals surface area contributed by atoms with E-state index in [1.54, 1.807) is 0 Å². The second-order valence-electron chi connectivity index (χ2n) is 11.5. The number of fused-ring (bicyclic) bond motifs is 1. The summed E-state index contributed by atoms with van der Waals surface area (Å²) in [5.41, 5.74) is 1.59. The van der Waals surface area contributed by atoms with Gasteiger partial charge in [0, 0.05) is 11.3 Å². The SMILES string of the molecule is COC(=O)[C@@H]1C2=Cc3ccccc3C(C#N)(C#N)C23CCC(C(C)(C)C)C[C@@H]3[C@H]1c1ccccc1. The Balaban J connectivity index is 1.86. The number of methoxy groups -OCH3 is 1. The van der Waals surface area contributed by atoms with E-state index in [4.69, 9.17) is 4.74 Å². The van der Waals surface area contributed by atoms with Gasteiger partial charge in [0.05, 0.1) is 25.2 Å². The number of esters is 1. The predicted octanol–water partition coefficient (Wildman–Crippen LogP) is 6.40. The van der Waals surface area contributed by atoms with Gasteiger partial charge in [0.25, 0.3) is 0 Å². The highest BCUT2D eigenvalue weighted by Gasteiger charge is 2.71. The van der Waals surface area contributed by atoms with Crippen molar-refractivity contribution in [2.45, 2.75) is 51.4 Å². The number of carbonyl (C=O) groups is 1. The molecule has 5 atom stereocenters. The third kappa shape index (κ3) is 3.06. The highest BCUT2D eigenvalue weighted by Crippen LogP contribution is 2.73. The number of ether oxygens (including phenoxy) is 1. The number of nitrogens with zero attached hydrogens (tertiary/aromatic N) is 2. The molecule has 2 fully saturated rings. The van der Waals surface area contributed by atoms with Crippen molar-refractivity contribution in [3.63, 3.8) is 0 Å². The summed E-state index contributed by atoms with van der Waals surface area (Å²) in [6.45, 7) is 6.82. The van der Waals surface area contributed by atoms with Crippen LogP contribution < -0.4 is 0 Å². The van der Waals surface area contributed by atoms with Crippen LogP contribution in [0.4, 0.5) is 0 Å². The maximum absolute atomic E-state index is 13.5. The van der Waals surface area contributed by atoms with E-state index in [1.165, 1.54) is 7.11 Å². The fourth-order valence-corrected chi connectivity index (χ4v) is 7.63. The van der Waals surface area contributed by atoms with Crippen LogP contribution in [0, 0.1) is 51.2 Å². The minimum atomic E-state index is -1.36. The summed E-state index contributed by atoms with van der Waals surface area (Å²) in [4.78, 5) is 13.5. The molecule has 0 N–H and O–H groups in total. The molecule has 4 nitrogen and oxygen atoms in total. The molecule has 0 aliphatic heterocycles. The topological polar surface area (TPSA) is 73.9 Å². The third-order valence-corrected chi connectivity index (χ3v) is 9.25. The lowest BCUT2D eigenvalue weighted by Crippen LogP contribution is -2.53.